The third kappa shape index (κ3) is 1.03. The van der Waals surface area contributed by atoms with Crippen molar-refractivity contribution in [1.82, 2.24) is 15.1 Å². The highest BCUT2D eigenvalue weighted by atomic mass is 31.1. The van der Waals surface area contributed by atoms with Gasteiger partial charge in [0.05, 0.1) is 6.67 Å². The topological polar surface area (TPSA) is 18.5 Å². The summed E-state index contributed by atoms with van der Waals surface area (Å²) < 4.78 is 0. The number of hydrogen-bond donors (Lipinski definition) is 1. The van der Waals surface area contributed by atoms with Gasteiger partial charge in [-0.25, -0.2) is 0 Å². The van der Waals surface area contributed by atoms with Crippen LogP contribution in [0.1, 0.15) is 0 Å². The van der Waals surface area contributed by atoms with Crippen molar-refractivity contribution in [3.05, 3.63) is 0 Å². The van der Waals surface area contributed by atoms with E-state index in [0.29, 0.717) is 7.92 Å². The molecule has 3 nitrogen and oxygen atoms in total. The molecule has 0 spiro atoms. The Labute approximate surface area is 68.5 Å². The summed E-state index contributed by atoms with van der Waals surface area (Å²) in [6, 6.07) is 0.907. The summed E-state index contributed by atoms with van der Waals surface area (Å²) in [5.74, 6) is 0. The molecule has 0 aliphatic carbocycles. The van der Waals surface area contributed by atoms with Gasteiger partial charge in [-0.05, 0) is 6.16 Å². The lowest BCUT2D eigenvalue weighted by molar-refractivity contribution is 0.234. The van der Waals surface area contributed by atoms with Crippen molar-refractivity contribution >= 4 is 7.92 Å². The molecule has 3 unspecified atom stereocenters. The van der Waals surface area contributed by atoms with E-state index in [1.54, 1.807) is 0 Å². The number of rotatable bonds is 0. The van der Waals surface area contributed by atoms with Gasteiger partial charge in [-0.1, -0.05) is 7.92 Å². The second kappa shape index (κ2) is 2.40. The Kier molecular flexibility index (Phi) is 1.48. The summed E-state index contributed by atoms with van der Waals surface area (Å²) in [7, 11) is 0.327. The molecule has 0 amide bonds. The molecule has 3 saturated heterocycles. The molecule has 0 aromatic carbocycles. The standard InChI is InChI=1S/C7H14N3P/c1-7-2-11-4-8-3-10(7)5-9(1)6-11/h7-8H,1-6H2. The summed E-state index contributed by atoms with van der Waals surface area (Å²) in [5.41, 5.74) is 0. The first-order valence-corrected chi connectivity index (χ1v) is 6.21. The molecule has 0 aromatic rings. The van der Waals surface area contributed by atoms with Gasteiger partial charge < -0.3 is 5.32 Å². The van der Waals surface area contributed by atoms with Gasteiger partial charge in [0.15, 0.2) is 0 Å². The zero-order valence-electron chi connectivity index (χ0n) is 6.66. The summed E-state index contributed by atoms with van der Waals surface area (Å²) in [5, 5.41) is 3.53. The van der Waals surface area contributed by atoms with E-state index in [1.165, 1.54) is 31.9 Å². The fraction of sp³-hybridized carbons (Fsp3) is 1.00. The van der Waals surface area contributed by atoms with Gasteiger partial charge in [0.25, 0.3) is 0 Å². The molecule has 3 aliphatic heterocycles. The smallest absolute Gasteiger partial charge is 0.0525 e. The van der Waals surface area contributed by atoms with Crippen LogP contribution in [-0.4, -0.2) is 54.5 Å². The van der Waals surface area contributed by atoms with E-state index in [2.05, 4.69) is 15.1 Å². The average molecular weight is 171 g/mol. The molecule has 62 valence electrons. The SMILES string of the molecule is C1C2CP3CNCN2CN1C3. The van der Waals surface area contributed by atoms with Crippen molar-refractivity contribution in [1.29, 1.82) is 0 Å². The van der Waals surface area contributed by atoms with E-state index >= 15 is 0 Å². The number of nitrogens with one attached hydrogen (secondary N) is 1. The monoisotopic (exact) mass is 171 g/mol. The van der Waals surface area contributed by atoms with Gasteiger partial charge in [0.1, 0.15) is 0 Å². The molecule has 1 N–H and O–H groups in total. The quantitative estimate of drug-likeness (QED) is 0.513. The Bertz CT molecular complexity index is 173. The van der Waals surface area contributed by atoms with Gasteiger partial charge in [-0.3, -0.25) is 9.80 Å². The van der Waals surface area contributed by atoms with E-state index in [1.807, 2.05) is 0 Å². The molecule has 0 saturated carbocycles. The van der Waals surface area contributed by atoms with Gasteiger partial charge in [-0.2, -0.15) is 0 Å². The van der Waals surface area contributed by atoms with E-state index in [9.17, 15) is 0 Å². The average Bonchev–Trinajstić information content (AvgIpc) is 2.17. The van der Waals surface area contributed by atoms with Crippen LogP contribution in [0.3, 0.4) is 0 Å². The maximum Gasteiger partial charge on any atom is 0.0525 e. The maximum absolute atomic E-state index is 3.53. The van der Waals surface area contributed by atoms with Crippen LogP contribution in [0.2, 0.25) is 0 Å². The van der Waals surface area contributed by atoms with Crippen LogP contribution in [0.15, 0.2) is 0 Å². The molecule has 0 radical (unpaired) electrons. The fourth-order valence-corrected chi connectivity index (χ4v) is 4.88. The fourth-order valence-electron chi connectivity index (χ4n) is 2.40. The predicted molar refractivity (Wildman–Crippen MR) is 46.7 cm³/mol. The summed E-state index contributed by atoms with van der Waals surface area (Å²) in [4.78, 5) is 5.22. The summed E-state index contributed by atoms with van der Waals surface area (Å²) in [6.45, 7) is 3.72. The Balaban J connectivity index is 1.89. The molecule has 4 heteroatoms. The first kappa shape index (κ1) is 6.79. The summed E-state index contributed by atoms with van der Waals surface area (Å²) in [6.07, 6.45) is 4.20. The number of nitrogens with zero attached hydrogens (tertiary/aromatic N) is 2. The van der Waals surface area contributed by atoms with Crippen molar-refractivity contribution in [3.63, 3.8) is 0 Å². The highest BCUT2D eigenvalue weighted by molar-refractivity contribution is 7.57. The molecule has 3 atom stereocenters. The van der Waals surface area contributed by atoms with E-state index in [0.717, 1.165) is 12.7 Å². The second-order valence-electron chi connectivity index (χ2n) is 3.80. The van der Waals surface area contributed by atoms with Crippen LogP contribution in [0.5, 0.6) is 0 Å². The van der Waals surface area contributed by atoms with Crippen molar-refractivity contribution in [2.45, 2.75) is 6.04 Å². The lowest BCUT2D eigenvalue weighted by Crippen LogP contribution is -2.36. The Hall–Kier alpha value is 0.310. The van der Waals surface area contributed by atoms with E-state index in [4.69, 9.17) is 0 Å². The van der Waals surface area contributed by atoms with E-state index in [-0.39, 0.29) is 0 Å². The Morgan fingerprint density at radius 1 is 1.45 bits per heavy atom. The van der Waals surface area contributed by atoms with Gasteiger partial charge in [0.2, 0.25) is 0 Å². The van der Waals surface area contributed by atoms with Crippen LogP contribution in [-0.2, 0) is 0 Å². The van der Waals surface area contributed by atoms with E-state index < -0.39 is 0 Å². The molecular formula is C7H14N3P. The van der Waals surface area contributed by atoms with Gasteiger partial charge in [0, 0.05) is 31.8 Å². The minimum absolute atomic E-state index is 0.327. The van der Waals surface area contributed by atoms with Crippen LogP contribution in [0, 0.1) is 0 Å². The molecule has 0 aromatic heterocycles. The highest BCUT2D eigenvalue weighted by Crippen LogP contribution is 2.44. The molecule has 11 heavy (non-hydrogen) atoms. The van der Waals surface area contributed by atoms with Gasteiger partial charge >= 0.3 is 0 Å². The first-order valence-electron chi connectivity index (χ1n) is 4.31. The lowest BCUT2D eigenvalue weighted by atomic mass is 10.3. The van der Waals surface area contributed by atoms with Crippen molar-refractivity contribution in [2.24, 2.45) is 0 Å². The van der Waals surface area contributed by atoms with Crippen molar-refractivity contribution in [2.75, 3.05) is 38.6 Å². The number of fused-ring (bicyclic) bond motifs is 2. The third-order valence-electron chi connectivity index (χ3n) is 2.89. The van der Waals surface area contributed by atoms with Crippen LogP contribution in [0.25, 0.3) is 0 Å². The van der Waals surface area contributed by atoms with Crippen LogP contribution >= 0.6 is 7.92 Å². The molecule has 3 aliphatic rings. The molecule has 3 fully saturated rings. The minimum atomic E-state index is 0.327. The molecule has 3 bridgehead atoms. The normalized spacial score (nSPS) is 49.6. The lowest BCUT2D eigenvalue weighted by Gasteiger charge is -2.28. The molecular weight excluding hydrogens is 157 g/mol. The van der Waals surface area contributed by atoms with Gasteiger partial charge in [-0.15, -0.1) is 0 Å². The van der Waals surface area contributed by atoms with Crippen LogP contribution in [0.4, 0.5) is 0 Å². The Morgan fingerprint density at radius 3 is 3.45 bits per heavy atom. The van der Waals surface area contributed by atoms with Crippen molar-refractivity contribution < 1.29 is 0 Å². The predicted octanol–water partition coefficient (Wildman–Crippen LogP) is -0.0987. The third-order valence-corrected chi connectivity index (χ3v) is 5.29. The van der Waals surface area contributed by atoms with Crippen LogP contribution < -0.4 is 5.32 Å². The minimum Gasteiger partial charge on any atom is -0.300 e. The maximum atomic E-state index is 3.53. The highest BCUT2D eigenvalue weighted by Gasteiger charge is 2.38. The first-order chi connectivity index (χ1) is 5.42. The zero-order valence-corrected chi connectivity index (χ0v) is 7.56. The molecule has 3 rings (SSSR count). The second-order valence-corrected chi connectivity index (χ2v) is 6.10. The Morgan fingerprint density at radius 2 is 2.45 bits per heavy atom. The molecule has 3 heterocycles. The summed E-state index contributed by atoms with van der Waals surface area (Å²) >= 11 is 0. The largest absolute Gasteiger partial charge is 0.300 e. The zero-order chi connectivity index (χ0) is 7.26. The van der Waals surface area contributed by atoms with Crippen molar-refractivity contribution in [3.8, 4) is 0 Å². The number of hydrogen-bond acceptors (Lipinski definition) is 3.